The third-order valence-electron chi connectivity index (χ3n) is 5.95. The van der Waals surface area contributed by atoms with Gasteiger partial charge < -0.3 is 14.8 Å². The van der Waals surface area contributed by atoms with E-state index >= 15 is 0 Å². The normalized spacial score (nSPS) is 18.1. The van der Waals surface area contributed by atoms with Crippen LogP contribution in [-0.4, -0.2) is 29.5 Å². The van der Waals surface area contributed by atoms with E-state index in [4.69, 9.17) is 12.2 Å². The first-order valence-electron chi connectivity index (χ1n) is 10.6. The molecule has 1 fully saturated rings. The highest BCUT2D eigenvalue weighted by atomic mass is 32.1. The molecule has 5 rings (SSSR count). The SMILES string of the molecule is Cc1cc([C@H]2[C@H](c3ccccn3)NC(=S)N2Cc2ccccn2)c(C)n1-c1cccnc1. The topological polar surface area (TPSA) is 58.9 Å². The molecule has 0 unspecified atom stereocenters. The second kappa shape index (κ2) is 8.51. The summed E-state index contributed by atoms with van der Waals surface area (Å²) in [7, 11) is 0. The van der Waals surface area contributed by atoms with Gasteiger partial charge in [-0.3, -0.25) is 15.0 Å². The Bertz CT molecular complexity index is 1220. The summed E-state index contributed by atoms with van der Waals surface area (Å²) in [5.41, 5.74) is 6.52. The van der Waals surface area contributed by atoms with Crippen LogP contribution in [0.5, 0.6) is 0 Å². The Balaban J connectivity index is 1.62. The number of nitrogens with zero attached hydrogens (tertiary/aromatic N) is 5. The van der Waals surface area contributed by atoms with Gasteiger partial charge in [0.05, 0.1) is 41.9 Å². The lowest BCUT2D eigenvalue weighted by atomic mass is 9.96. The van der Waals surface area contributed by atoms with Crippen molar-refractivity contribution >= 4 is 17.3 Å². The van der Waals surface area contributed by atoms with Crippen molar-refractivity contribution in [3.05, 3.63) is 108 Å². The highest BCUT2D eigenvalue weighted by molar-refractivity contribution is 7.80. The zero-order valence-electron chi connectivity index (χ0n) is 18.0. The van der Waals surface area contributed by atoms with Crippen LogP contribution in [0.4, 0.5) is 0 Å². The third kappa shape index (κ3) is 3.65. The van der Waals surface area contributed by atoms with Crippen molar-refractivity contribution in [1.29, 1.82) is 0 Å². The molecule has 0 bridgehead atoms. The summed E-state index contributed by atoms with van der Waals surface area (Å²) in [4.78, 5) is 15.7. The average molecular weight is 441 g/mol. The van der Waals surface area contributed by atoms with Gasteiger partial charge in [-0.25, -0.2) is 0 Å². The smallest absolute Gasteiger partial charge is 0.170 e. The van der Waals surface area contributed by atoms with E-state index in [-0.39, 0.29) is 12.1 Å². The van der Waals surface area contributed by atoms with Crippen molar-refractivity contribution in [2.75, 3.05) is 0 Å². The van der Waals surface area contributed by atoms with Crippen LogP contribution < -0.4 is 5.32 Å². The molecule has 1 N–H and O–H groups in total. The molecule has 160 valence electrons. The maximum atomic E-state index is 5.81. The fraction of sp³-hybridized carbons (Fsp3) is 0.200. The molecule has 1 aliphatic rings. The summed E-state index contributed by atoms with van der Waals surface area (Å²) < 4.78 is 2.25. The van der Waals surface area contributed by atoms with E-state index in [0.717, 1.165) is 22.8 Å². The molecule has 4 aromatic rings. The zero-order valence-corrected chi connectivity index (χ0v) is 18.8. The quantitative estimate of drug-likeness (QED) is 0.463. The Hall–Kier alpha value is -3.58. The molecule has 1 aliphatic heterocycles. The lowest BCUT2D eigenvalue weighted by molar-refractivity contribution is 0.307. The van der Waals surface area contributed by atoms with Gasteiger partial charge in [0.2, 0.25) is 0 Å². The van der Waals surface area contributed by atoms with Crippen molar-refractivity contribution in [1.82, 2.24) is 29.7 Å². The lowest BCUT2D eigenvalue weighted by Crippen LogP contribution is -2.29. The molecule has 0 amide bonds. The molecule has 32 heavy (non-hydrogen) atoms. The Morgan fingerprint density at radius 1 is 0.969 bits per heavy atom. The Morgan fingerprint density at radius 2 is 1.78 bits per heavy atom. The molecular formula is C25H24N6S. The maximum Gasteiger partial charge on any atom is 0.170 e. The van der Waals surface area contributed by atoms with Crippen molar-refractivity contribution in [3.8, 4) is 5.69 Å². The first-order chi connectivity index (χ1) is 15.6. The van der Waals surface area contributed by atoms with Crippen molar-refractivity contribution in [2.24, 2.45) is 0 Å². The monoisotopic (exact) mass is 440 g/mol. The molecule has 0 radical (unpaired) electrons. The predicted octanol–water partition coefficient (Wildman–Crippen LogP) is 4.45. The van der Waals surface area contributed by atoms with Crippen LogP contribution in [0.15, 0.2) is 79.4 Å². The zero-order chi connectivity index (χ0) is 22.1. The van der Waals surface area contributed by atoms with E-state index in [9.17, 15) is 0 Å². The summed E-state index contributed by atoms with van der Waals surface area (Å²) in [6, 6.07) is 18.2. The largest absolute Gasteiger partial charge is 0.352 e. The van der Waals surface area contributed by atoms with E-state index in [1.807, 2.05) is 55.0 Å². The lowest BCUT2D eigenvalue weighted by Gasteiger charge is -2.28. The number of pyridine rings is 3. The van der Waals surface area contributed by atoms with Crippen LogP contribution in [0, 0.1) is 13.8 Å². The fourth-order valence-corrected chi connectivity index (χ4v) is 4.86. The first-order valence-corrected chi connectivity index (χ1v) is 11.0. The molecule has 1 saturated heterocycles. The molecule has 5 heterocycles. The van der Waals surface area contributed by atoms with E-state index in [0.29, 0.717) is 11.7 Å². The van der Waals surface area contributed by atoms with Gasteiger partial charge in [-0.2, -0.15) is 0 Å². The second-order valence-electron chi connectivity index (χ2n) is 7.95. The highest BCUT2D eigenvalue weighted by Crippen LogP contribution is 2.41. The first kappa shape index (κ1) is 20.3. The van der Waals surface area contributed by atoms with Crippen LogP contribution >= 0.6 is 12.2 Å². The number of hydrogen-bond donors (Lipinski definition) is 1. The minimum atomic E-state index is -0.0599. The Kier molecular flexibility index (Phi) is 5.41. The van der Waals surface area contributed by atoms with Gasteiger partial charge in [0.25, 0.3) is 0 Å². The van der Waals surface area contributed by atoms with Gasteiger partial charge in [0.1, 0.15) is 0 Å². The second-order valence-corrected chi connectivity index (χ2v) is 8.34. The number of rotatable bonds is 5. The number of thiocarbonyl (C=S) groups is 1. The fourth-order valence-electron chi connectivity index (χ4n) is 4.55. The minimum Gasteiger partial charge on any atom is -0.352 e. The van der Waals surface area contributed by atoms with Gasteiger partial charge in [0, 0.05) is 30.0 Å². The third-order valence-corrected chi connectivity index (χ3v) is 6.30. The summed E-state index contributed by atoms with van der Waals surface area (Å²) in [6.45, 7) is 4.91. The molecule has 6 nitrogen and oxygen atoms in total. The van der Waals surface area contributed by atoms with E-state index in [1.54, 1.807) is 6.20 Å². The van der Waals surface area contributed by atoms with Crippen LogP contribution in [0.2, 0.25) is 0 Å². The predicted molar refractivity (Wildman–Crippen MR) is 128 cm³/mol. The van der Waals surface area contributed by atoms with Gasteiger partial charge in [-0.1, -0.05) is 12.1 Å². The molecule has 7 heteroatoms. The van der Waals surface area contributed by atoms with Crippen molar-refractivity contribution < 1.29 is 0 Å². The van der Waals surface area contributed by atoms with Crippen LogP contribution in [0.1, 0.15) is 40.4 Å². The summed E-state index contributed by atoms with van der Waals surface area (Å²) >= 11 is 5.81. The molecule has 4 aromatic heterocycles. The standard InChI is InChI=1S/C25H24N6S/c1-17-14-21(18(2)31(17)20-9-7-11-26-15-20)24-23(22-10-4-6-13-28-22)29-25(32)30(24)16-19-8-3-5-12-27-19/h3-15,23-24H,16H2,1-2H3,(H,29,32)/t23-,24-/m0/s1. The molecular weight excluding hydrogens is 416 g/mol. The molecule has 0 aromatic carbocycles. The summed E-state index contributed by atoms with van der Waals surface area (Å²) in [5, 5.41) is 4.24. The summed E-state index contributed by atoms with van der Waals surface area (Å²) in [6.07, 6.45) is 7.34. The highest BCUT2D eigenvalue weighted by Gasteiger charge is 2.41. The van der Waals surface area contributed by atoms with Crippen LogP contribution in [0.3, 0.4) is 0 Å². The Labute approximate surface area is 193 Å². The van der Waals surface area contributed by atoms with E-state index < -0.39 is 0 Å². The molecule has 0 spiro atoms. The Morgan fingerprint density at radius 3 is 2.47 bits per heavy atom. The number of nitrogens with one attached hydrogen (secondary N) is 1. The number of aromatic nitrogens is 4. The van der Waals surface area contributed by atoms with E-state index in [2.05, 4.69) is 61.8 Å². The van der Waals surface area contributed by atoms with Crippen molar-refractivity contribution in [2.45, 2.75) is 32.5 Å². The number of aryl methyl sites for hydroxylation is 1. The van der Waals surface area contributed by atoms with E-state index in [1.165, 1.54) is 11.3 Å². The molecule has 0 saturated carbocycles. The number of hydrogen-bond acceptors (Lipinski definition) is 4. The average Bonchev–Trinajstić information content (AvgIpc) is 3.30. The van der Waals surface area contributed by atoms with Gasteiger partial charge in [-0.05, 0) is 74.1 Å². The molecule has 2 atom stereocenters. The van der Waals surface area contributed by atoms with Gasteiger partial charge >= 0.3 is 0 Å². The van der Waals surface area contributed by atoms with Crippen LogP contribution in [-0.2, 0) is 6.54 Å². The summed E-state index contributed by atoms with van der Waals surface area (Å²) in [5.74, 6) is 0. The minimum absolute atomic E-state index is 0.0176. The maximum absolute atomic E-state index is 5.81. The molecule has 0 aliphatic carbocycles. The van der Waals surface area contributed by atoms with Crippen LogP contribution in [0.25, 0.3) is 5.69 Å². The van der Waals surface area contributed by atoms with Gasteiger partial charge in [0.15, 0.2) is 5.11 Å². The van der Waals surface area contributed by atoms with Crippen molar-refractivity contribution in [3.63, 3.8) is 0 Å². The van der Waals surface area contributed by atoms with Gasteiger partial charge in [-0.15, -0.1) is 0 Å².